The number of carbonyl (C=O) groups excluding carboxylic acids is 1. The number of amides is 1. The maximum atomic E-state index is 12.4. The molecule has 1 aromatic rings. The van der Waals surface area contributed by atoms with Gasteiger partial charge in [-0.05, 0) is 58.8 Å². The molecule has 2 unspecified atom stereocenters. The van der Waals surface area contributed by atoms with Crippen molar-refractivity contribution in [3.8, 4) is 0 Å². The van der Waals surface area contributed by atoms with E-state index in [0.717, 1.165) is 29.4 Å². The standard InChI is InChI=1S/C14H15BrClNO/c15-12-5-4-9(6-13(12)16)14(18)17-7-10-2-1-3-11(10)8-17/h4-6,10-11H,1-3,7-8H2. The molecule has 0 radical (unpaired) electrons. The molecule has 18 heavy (non-hydrogen) atoms. The molecule has 0 spiro atoms. The number of likely N-dealkylation sites (tertiary alicyclic amines) is 1. The number of rotatable bonds is 1. The zero-order valence-electron chi connectivity index (χ0n) is 10.0. The summed E-state index contributed by atoms with van der Waals surface area (Å²) >= 11 is 9.39. The molecule has 1 aliphatic carbocycles. The maximum absolute atomic E-state index is 12.4. The van der Waals surface area contributed by atoms with Crippen LogP contribution in [-0.4, -0.2) is 23.9 Å². The molecule has 1 aromatic carbocycles. The molecule has 0 N–H and O–H groups in total. The van der Waals surface area contributed by atoms with Gasteiger partial charge in [0.1, 0.15) is 0 Å². The molecule has 2 nitrogen and oxygen atoms in total. The fraction of sp³-hybridized carbons (Fsp3) is 0.500. The van der Waals surface area contributed by atoms with Crippen molar-refractivity contribution in [2.45, 2.75) is 19.3 Å². The first-order chi connectivity index (χ1) is 8.65. The Morgan fingerprint density at radius 3 is 2.56 bits per heavy atom. The van der Waals surface area contributed by atoms with Crippen LogP contribution < -0.4 is 0 Å². The van der Waals surface area contributed by atoms with Gasteiger partial charge in [0.05, 0.1) is 5.02 Å². The number of hydrogen-bond acceptors (Lipinski definition) is 1. The quantitative estimate of drug-likeness (QED) is 0.764. The van der Waals surface area contributed by atoms with Gasteiger partial charge in [-0.3, -0.25) is 4.79 Å². The Balaban J connectivity index is 1.77. The SMILES string of the molecule is O=C(c1ccc(Br)c(Cl)c1)N1CC2CCCC2C1. The average Bonchev–Trinajstić information content (AvgIpc) is 2.92. The second-order valence-electron chi connectivity index (χ2n) is 5.29. The van der Waals surface area contributed by atoms with E-state index in [1.54, 1.807) is 6.07 Å². The summed E-state index contributed by atoms with van der Waals surface area (Å²) in [6.45, 7) is 1.86. The molecule has 2 atom stereocenters. The van der Waals surface area contributed by atoms with Gasteiger partial charge in [0.25, 0.3) is 5.91 Å². The van der Waals surface area contributed by atoms with Gasteiger partial charge in [-0.25, -0.2) is 0 Å². The Kier molecular flexibility index (Phi) is 3.37. The topological polar surface area (TPSA) is 20.3 Å². The van der Waals surface area contributed by atoms with Crippen LogP contribution in [-0.2, 0) is 0 Å². The minimum Gasteiger partial charge on any atom is -0.338 e. The lowest BCUT2D eigenvalue weighted by atomic mass is 10.0. The molecule has 1 saturated carbocycles. The summed E-state index contributed by atoms with van der Waals surface area (Å²) in [7, 11) is 0. The highest BCUT2D eigenvalue weighted by Crippen LogP contribution is 2.38. The normalized spacial score (nSPS) is 26.4. The molecule has 4 heteroatoms. The summed E-state index contributed by atoms with van der Waals surface area (Å²) < 4.78 is 0.832. The second-order valence-corrected chi connectivity index (χ2v) is 6.55. The van der Waals surface area contributed by atoms with Crippen LogP contribution in [0.2, 0.25) is 5.02 Å². The van der Waals surface area contributed by atoms with Crippen molar-refractivity contribution in [2.75, 3.05) is 13.1 Å². The molecule has 1 heterocycles. The number of nitrogens with zero attached hydrogens (tertiary/aromatic N) is 1. The summed E-state index contributed by atoms with van der Waals surface area (Å²) in [4.78, 5) is 14.4. The number of halogens is 2. The Morgan fingerprint density at radius 1 is 1.28 bits per heavy atom. The van der Waals surface area contributed by atoms with Crippen LogP contribution in [0.3, 0.4) is 0 Å². The van der Waals surface area contributed by atoms with E-state index in [-0.39, 0.29) is 5.91 Å². The summed E-state index contributed by atoms with van der Waals surface area (Å²) in [5, 5.41) is 0.597. The highest BCUT2D eigenvalue weighted by Gasteiger charge is 2.38. The van der Waals surface area contributed by atoms with Crippen LogP contribution >= 0.6 is 27.5 Å². The van der Waals surface area contributed by atoms with Crippen LogP contribution in [0.15, 0.2) is 22.7 Å². The third kappa shape index (κ3) is 2.19. The van der Waals surface area contributed by atoms with Crippen molar-refractivity contribution in [3.05, 3.63) is 33.3 Å². The van der Waals surface area contributed by atoms with Crippen LogP contribution in [0.25, 0.3) is 0 Å². The molecule has 1 saturated heterocycles. The molecule has 1 amide bonds. The van der Waals surface area contributed by atoms with E-state index in [9.17, 15) is 4.79 Å². The van der Waals surface area contributed by atoms with Gasteiger partial charge in [-0.2, -0.15) is 0 Å². The number of carbonyl (C=O) groups is 1. The Morgan fingerprint density at radius 2 is 1.94 bits per heavy atom. The number of benzene rings is 1. The summed E-state index contributed by atoms with van der Waals surface area (Å²) in [6.07, 6.45) is 3.91. The lowest BCUT2D eigenvalue weighted by Gasteiger charge is -2.17. The van der Waals surface area contributed by atoms with Crippen molar-refractivity contribution >= 4 is 33.4 Å². The zero-order chi connectivity index (χ0) is 12.7. The molecule has 0 aromatic heterocycles. The fourth-order valence-corrected chi connectivity index (χ4v) is 3.64. The van der Waals surface area contributed by atoms with Crippen LogP contribution in [0, 0.1) is 11.8 Å². The zero-order valence-corrected chi connectivity index (χ0v) is 12.4. The monoisotopic (exact) mass is 327 g/mol. The fourth-order valence-electron chi connectivity index (χ4n) is 3.21. The average molecular weight is 329 g/mol. The van der Waals surface area contributed by atoms with Gasteiger partial charge >= 0.3 is 0 Å². The Bertz CT molecular complexity index is 479. The smallest absolute Gasteiger partial charge is 0.253 e. The summed E-state index contributed by atoms with van der Waals surface area (Å²) in [5.41, 5.74) is 0.697. The van der Waals surface area contributed by atoms with E-state index in [4.69, 9.17) is 11.6 Å². The first-order valence-electron chi connectivity index (χ1n) is 6.39. The van der Waals surface area contributed by atoms with Gasteiger partial charge < -0.3 is 4.90 Å². The van der Waals surface area contributed by atoms with Crippen LogP contribution in [0.5, 0.6) is 0 Å². The highest BCUT2D eigenvalue weighted by atomic mass is 79.9. The summed E-state index contributed by atoms with van der Waals surface area (Å²) in [5.74, 6) is 1.60. The van der Waals surface area contributed by atoms with E-state index >= 15 is 0 Å². The predicted octanol–water partition coefficient (Wildman–Crippen LogP) is 3.97. The van der Waals surface area contributed by atoms with Crippen LogP contribution in [0.4, 0.5) is 0 Å². The molecule has 96 valence electrons. The Labute approximate surface area is 120 Å². The lowest BCUT2D eigenvalue weighted by molar-refractivity contribution is 0.0780. The maximum Gasteiger partial charge on any atom is 0.253 e. The van der Waals surface area contributed by atoms with Crippen molar-refractivity contribution in [1.29, 1.82) is 0 Å². The van der Waals surface area contributed by atoms with Crippen molar-refractivity contribution in [2.24, 2.45) is 11.8 Å². The number of hydrogen-bond donors (Lipinski definition) is 0. The molecule has 2 fully saturated rings. The molecule has 1 aliphatic heterocycles. The van der Waals surface area contributed by atoms with E-state index in [1.165, 1.54) is 19.3 Å². The van der Waals surface area contributed by atoms with E-state index in [1.807, 2.05) is 17.0 Å². The van der Waals surface area contributed by atoms with Gasteiger partial charge in [0.2, 0.25) is 0 Å². The molecule has 2 aliphatic rings. The molecule has 3 rings (SSSR count). The predicted molar refractivity (Wildman–Crippen MR) is 75.9 cm³/mol. The van der Waals surface area contributed by atoms with E-state index in [2.05, 4.69) is 15.9 Å². The number of fused-ring (bicyclic) bond motifs is 1. The van der Waals surface area contributed by atoms with Gasteiger partial charge in [0, 0.05) is 23.1 Å². The third-order valence-electron chi connectivity index (χ3n) is 4.18. The summed E-state index contributed by atoms with van der Waals surface area (Å²) in [6, 6.07) is 5.43. The van der Waals surface area contributed by atoms with Gasteiger partial charge in [-0.15, -0.1) is 0 Å². The molecular weight excluding hydrogens is 314 g/mol. The second kappa shape index (κ2) is 4.86. The van der Waals surface area contributed by atoms with Crippen molar-refractivity contribution in [3.63, 3.8) is 0 Å². The Hall–Kier alpha value is -0.540. The van der Waals surface area contributed by atoms with E-state index < -0.39 is 0 Å². The first kappa shape index (κ1) is 12.5. The van der Waals surface area contributed by atoms with Gasteiger partial charge in [-0.1, -0.05) is 18.0 Å². The van der Waals surface area contributed by atoms with Crippen LogP contribution in [0.1, 0.15) is 29.6 Å². The molecular formula is C14H15BrClNO. The minimum atomic E-state index is 0.124. The largest absolute Gasteiger partial charge is 0.338 e. The van der Waals surface area contributed by atoms with E-state index in [0.29, 0.717) is 10.6 Å². The van der Waals surface area contributed by atoms with Crippen molar-refractivity contribution in [1.82, 2.24) is 4.90 Å². The van der Waals surface area contributed by atoms with Crippen molar-refractivity contribution < 1.29 is 4.79 Å². The highest BCUT2D eigenvalue weighted by molar-refractivity contribution is 9.10. The minimum absolute atomic E-state index is 0.124. The third-order valence-corrected chi connectivity index (χ3v) is 5.41. The lowest BCUT2D eigenvalue weighted by Crippen LogP contribution is -2.29. The first-order valence-corrected chi connectivity index (χ1v) is 7.56. The van der Waals surface area contributed by atoms with Gasteiger partial charge in [0.15, 0.2) is 0 Å². The molecule has 0 bridgehead atoms.